The van der Waals surface area contributed by atoms with E-state index in [9.17, 15) is 8.42 Å². The van der Waals surface area contributed by atoms with Gasteiger partial charge >= 0.3 is 0 Å². The number of benzene rings is 1. The van der Waals surface area contributed by atoms with E-state index in [1.165, 1.54) is 4.31 Å². The van der Waals surface area contributed by atoms with Crippen LogP contribution >= 0.6 is 23.2 Å². The van der Waals surface area contributed by atoms with E-state index in [1.54, 1.807) is 19.9 Å². The van der Waals surface area contributed by atoms with Crippen LogP contribution in [0.25, 0.3) is 0 Å². The largest absolute Gasteiger partial charge is 0.360 e. The molecule has 0 N–H and O–H groups in total. The fourth-order valence-electron chi connectivity index (χ4n) is 3.21. The van der Waals surface area contributed by atoms with Crippen LogP contribution in [0.5, 0.6) is 0 Å². The highest BCUT2D eigenvalue weighted by atomic mass is 35.5. The number of aromatic nitrogens is 1. The molecule has 9 heteroatoms. The average molecular weight is 418 g/mol. The normalized spacial score (nSPS) is 17.4. The van der Waals surface area contributed by atoms with Gasteiger partial charge < -0.3 is 4.52 Å². The van der Waals surface area contributed by atoms with E-state index >= 15 is 0 Å². The summed E-state index contributed by atoms with van der Waals surface area (Å²) >= 11 is 12.2. The molecule has 1 aromatic heterocycles. The van der Waals surface area contributed by atoms with Gasteiger partial charge in [0.2, 0.25) is 10.0 Å². The summed E-state index contributed by atoms with van der Waals surface area (Å²) < 4.78 is 32.5. The molecule has 6 nitrogen and oxygen atoms in total. The molecule has 0 unspecified atom stereocenters. The Hall–Kier alpha value is -1.12. The van der Waals surface area contributed by atoms with Crippen molar-refractivity contribution in [2.75, 3.05) is 26.2 Å². The van der Waals surface area contributed by atoms with Gasteiger partial charge in [-0.15, -0.1) is 0 Å². The van der Waals surface area contributed by atoms with Crippen LogP contribution in [0.15, 0.2) is 27.6 Å². The zero-order valence-electron chi connectivity index (χ0n) is 14.7. The number of hydrogen-bond donors (Lipinski definition) is 0. The maximum Gasteiger partial charge on any atom is 0.248 e. The van der Waals surface area contributed by atoms with Gasteiger partial charge in [-0.3, -0.25) is 4.90 Å². The third-order valence-corrected chi connectivity index (χ3v) is 7.25. The van der Waals surface area contributed by atoms with Crippen LogP contribution < -0.4 is 0 Å². The first kappa shape index (κ1) is 19.6. The maximum absolute atomic E-state index is 13.0. The van der Waals surface area contributed by atoms with Crippen molar-refractivity contribution in [1.29, 1.82) is 0 Å². The molecule has 2 aromatic rings. The van der Waals surface area contributed by atoms with E-state index in [4.69, 9.17) is 27.7 Å². The summed E-state index contributed by atoms with van der Waals surface area (Å²) in [5, 5.41) is 5.00. The van der Waals surface area contributed by atoms with Crippen LogP contribution in [0.2, 0.25) is 10.0 Å². The molecule has 0 aliphatic carbocycles. The standard InChI is InChI=1S/C17H21Cl2N3O3S/c1-12-17(13(2)25-20-12)26(23,24)22-7-3-6-21(8-9-22)11-14-4-5-15(18)10-16(14)19/h4-5,10H,3,6-9,11H2,1-2H3. The molecule has 0 bridgehead atoms. The van der Waals surface area contributed by atoms with Crippen molar-refractivity contribution in [3.8, 4) is 0 Å². The molecule has 142 valence electrons. The van der Waals surface area contributed by atoms with E-state index in [2.05, 4.69) is 10.1 Å². The van der Waals surface area contributed by atoms with Crippen molar-refractivity contribution in [2.24, 2.45) is 0 Å². The van der Waals surface area contributed by atoms with Gasteiger partial charge in [0.05, 0.1) is 0 Å². The molecule has 0 amide bonds. The predicted molar refractivity (Wildman–Crippen MR) is 101 cm³/mol. The Labute approximate surface area is 163 Å². The molecular formula is C17H21Cl2N3O3S. The van der Waals surface area contributed by atoms with Gasteiger partial charge in [0.1, 0.15) is 10.6 Å². The molecule has 1 saturated heterocycles. The van der Waals surface area contributed by atoms with Crippen molar-refractivity contribution in [1.82, 2.24) is 14.4 Å². The number of hydrogen-bond acceptors (Lipinski definition) is 5. The van der Waals surface area contributed by atoms with Gasteiger partial charge in [-0.25, -0.2) is 8.42 Å². The first-order valence-electron chi connectivity index (χ1n) is 8.38. The molecule has 1 fully saturated rings. The summed E-state index contributed by atoms with van der Waals surface area (Å²) in [6, 6.07) is 5.45. The Morgan fingerprint density at radius 3 is 2.58 bits per heavy atom. The van der Waals surface area contributed by atoms with Crippen LogP contribution in [0.1, 0.15) is 23.4 Å². The van der Waals surface area contributed by atoms with Gasteiger partial charge in [-0.2, -0.15) is 4.31 Å². The van der Waals surface area contributed by atoms with Gasteiger partial charge in [-0.1, -0.05) is 34.4 Å². The van der Waals surface area contributed by atoms with Gasteiger partial charge in [0.15, 0.2) is 5.76 Å². The lowest BCUT2D eigenvalue weighted by Gasteiger charge is -2.22. The smallest absolute Gasteiger partial charge is 0.248 e. The Balaban J connectivity index is 1.72. The molecular weight excluding hydrogens is 397 g/mol. The third kappa shape index (κ3) is 4.07. The lowest BCUT2D eigenvalue weighted by Crippen LogP contribution is -2.35. The summed E-state index contributed by atoms with van der Waals surface area (Å²) in [7, 11) is -3.61. The summed E-state index contributed by atoms with van der Waals surface area (Å²) in [4.78, 5) is 2.39. The highest BCUT2D eigenvalue weighted by molar-refractivity contribution is 7.89. The molecule has 0 atom stereocenters. The number of rotatable bonds is 4. The fraction of sp³-hybridized carbons (Fsp3) is 0.471. The number of nitrogens with zero attached hydrogens (tertiary/aromatic N) is 3. The summed E-state index contributed by atoms with van der Waals surface area (Å²) in [6.45, 7) is 6.24. The predicted octanol–water partition coefficient (Wildman–Crippen LogP) is 3.49. The van der Waals surface area contributed by atoms with E-state index in [-0.39, 0.29) is 4.90 Å². The second kappa shape index (κ2) is 7.86. The van der Waals surface area contributed by atoms with Crippen LogP contribution in [0.4, 0.5) is 0 Å². The van der Waals surface area contributed by atoms with Crippen molar-refractivity contribution >= 4 is 33.2 Å². The average Bonchev–Trinajstić information content (AvgIpc) is 2.78. The van der Waals surface area contributed by atoms with Crippen LogP contribution in [-0.4, -0.2) is 49.0 Å². The number of sulfonamides is 1. The molecule has 1 aromatic carbocycles. The Kier molecular flexibility index (Phi) is 5.94. The zero-order chi connectivity index (χ0) is 18.9. The van der Waals surface area contributed by atoms with Gasteiger partial charge in [0.25, 0.3) is 0 Å². The van der Waals surface area contributed by atoms with Crippen LogP contribution in [-0.2, 0) is 16.6 Å². The summed E-state index contributed by atoms with van der Waals surface area (Å²) in [5.41, 5.74) is 1.38. The second-order valence-electron chi connectivity index (χ2n) is 6.42. The van der Waals surface area contributed by atoms with Gasteiger partial charge in [-0.05, 0) is 44.5 Å². The summed E-state index contributed by atoms with van der Waals surface area (Å²) in [5.74, 6) is 0.330. The first-order chi connectivity index (χ1) is 12.3. The Bertz CT molecular complexity index is 879. The van der Waals surface area contributed by atoms with E-state index in [0.29, 0.717) is 47.7 Å². The van der Waals surface area contributed by atoms with Crippen LogP contribution in [0.3, 0.4) is 0 Å². The van der Waals surface area contributed by atoms with Crippen molar-refractivity contribution in [3.05, 3.63) is 45.3 Å². The molecule has 1 aliphatic rings. The fourth-order valence-corrected chi connectivity index (χ4v) is 5.44. The molecule has 0 radical (unpaired) electrons. The van der Waals surface area contributed by atoms with E-state index in [1.807, 2.05) is 12.1 Å². The Morgan fingerprint density at radius 2 is 1.92 bits per heavy atom. The number of halogens is 2. The molecule has 2 heterocycles. The SMILES string of the molecule is Cc1noc(C)c1S(=O)(=O)N1CCCN(Cc2ccc(Cl)cc2Cl)CC1. The minimum absolute atomic E-state index is 0.187. The molecule has 0 spiro atoms. The topological polar surface area (TPSA) is 66.7 Å². The monoisotopic (exact) mass is 417 g/mol. The van der Waals surface area contributed by atoms with Crippen molar-refractivity contribution in [2.45, 2.75) is 31.7 Å². The highest BCUT2D eigenvalue weighted by Gasteiger charge is 2.32. The maximum atomic E-state index is 13.0. The highest BCUT2D eigenvalue weighted by Crippen LogP contribution is 2.26. The third-order valence-electron chi connectivity index (χ3n) is 4.52. The van der Waals surface area contributed by atoms with E-state index in [0.717, 1.165) is 18.5 Å². The number of aryl methyl sites for hydroxylation is 2. The molecule has 3 rings (SSSR count). The zero-order valence-corrected chi connectivity index (χ0v) is 17.0. The minimum atomic E-state index is -3.61. The molecule has 1 aliphatic heterocycles. The Morgan fingerprint density at radius 1 is 1.15 bits per heavy atom. The second-order valence-corrected chi connectivity index (χ2v) is 9.14. The van der Waals surface area contributed by atoms with Gasteiger partial charge in [0, 0.05) is 36.2 Å². The van der Waals surface area contributed by atoms with Crippen LogP contribution in [0, 0.1) is 13.8 Å². The molecule has 0 saturated carbocycles. The quantitative estimate of drug-likeness (QED) is 0.761. The van der Waals surface area contributed by atoms with E-state index < -0.39 is 10.0 Å². The lowest BCUT2D eigenvalue weighted by molar-refractivity contribution is 0.278. The van der Waals surface area contributed by atoms with Crippen molar-refractivity contribution in [3.63, 3.8) is 0 Å². The lowest BCUT2D eigenvalue weighted by atomic mass is 10.2. The minimum Gasteiger partial charge on any atom is -0.360 e. The first-order valence-corrected chi connectivity index (χ1v) is 10.6. The van der Waals surface area contributed by atoms with Crippen molar-refractivity contribution < 1.29 is 12.9 Å². The summed E-state index contributed by atoms with van der Waals surface area (Å²) in [6.07, 6.45) is 0.744. The molecule has 26 heavy (non-hydrogen) atoms.